The summed E-state index contributed by atoms with van der Waals surface area (Å²) in [5, 5.41) is 3.00. The van der Waals surface area contributed by atoms with Gasteiger partial charge in [-0.3, -0.25) is 4.79 Å². The summed E-state index contributed by atoms with van der Waals surface area (Å²) in [5.74, 6) is 2.07. The third kappa shape index (κ3) is 3.42. The highest BCUT2D eigenvalue weighted by Crippen LogP contribution is 2.32. The van der Waals surface area contributed by atoms with E-state index in [-0.39, 0.29) is 11.9 Å². The van der Waals surface area contributed by atoms with E-state index < -0.39 is 0 Å². The molecule has 3 rings (SSSR count). The second-order valence-electron chi connectivity index (χ2n) is 5.90. The minimum absolute atomic E-state index is 0.136. The van der Waals surface area contributed by atoms with E-state index in [9.17, 15) is 4.79 Å². The smallest absolute Gasteiger partial charge is 0.251 e. The maximum atomic E-state index is 12.5. The molecule has 0 saturated heterocycles. The molecule has 0 spiro atoms. The molecule has 0 radical (unpaired) electrons. The van der Waals surface area contributed by atoms with E-state index in [0.29, 0.717) is 18.8 Å². The van der Waals surface area contributed by atoms with Crippen LogP contribution >= 0.6 is 0 Å². The van der Waals surface area contributed by atoms with Crippen molar-refractivity contribution in [2.45, 2.75) is 13.0 Å². The minimum Gasteiger partial charge on any atom is -0.486 e. The van der Waals surface area contributed by atoms with Crippen LogP contribution in [0.2, 0.25) is 0 Å². The van der Waals surface area contributed by atoms with Crippen molar-refractivity contribution in [1.29, 1.82) is 0 Å². The number of fused-ring (bicyclic) bond motifs is 1. The second-order valence-corrected chi connectivity index (χ2v) is 5.90. The van der Waals surface area contributed by atoms with Gasteiger partial charge in [-0.15, -0.1) is 0 Å². The number of hydrogen-bond acceptors (Lipinski definition) is 5. The van der Waals surface area contributed by atoms with Gasteiger partial charge in [0.25, 0.3) is 5.91 Å². The number of amides is 1. The molecule has 24 heavy (non-hydrogen) atoms. The van der Waals surface area contributed by atoms with Gasteiger partial charge in [-0.05, 0) is 36.8 Å². The fraction of sp³-hybridized carbons (Fsp3) is 0.333. The van der Waals surface area contributed by atoms with E-state index in [1.165, 1.54) is 0 Å². The number of aromatic nitrogens is 1. The monoisotopic (exact) mass is 327 g/mol. The zero-order valence-electron chi connectivity index (χ0n) is 14.1. The SMILES string of the molecule is C[C@H](NC(=O)c1ccnc(N(C)C)c1)c1ccc2c(c1)OCCO2. The first-order valence-corrected chi connectivity index (χ1v) is 7.88. The molecule has 1 aromatic carbocycles. The summed E-state index contributed by atoms with van der Waals surface area (Å²) in [7, 11) is 3.78. The number of nitrogens with one attached hydrogen (secondary N) is 1. The van der Waals surface area contributed by atoms with Crippen LogP contribution in [0, 0.1) is 0 Å². The first-order chi connectivity index (χ1) is 11.5. The van der Waals surface area contributed by atoms with Crippen LogP contribution in [0.5, 0.6) is 11.5 Å². The molecule has 0 saturated carbocycles. The van der Waals surface area contributed by atoms with Crippen LogP contribution < -0.4 is 19.7 Å². The number of anilines is 1. The lowest BCUT2D eigenvalue weighted by atomic mass is 10.1. The van der Waals surface area contributed by atoms with Crippen LogP contribution in [0.3, 0.4) is 0 Å². The van der Waals surface area contributed by atoms with Gasteiger partial charge in [0.1, 0.15) is 19.0 Å². The van der Waals surface area contributed by atoms with Crippen molar-refractivity contribution in [1.82, 2.24) is 10.3 Å². The molecule has 1 aliphatic rings. The average molecular weight is 327 g/mol. The molecule has 1 aromatic heterocycles. The number of hydrogen-bond donors (Lipinski definition) is 1. The summed E-state index contributed by atoms with van der Waals surface area (Å²) in [4.78, 5) is 18.6. The van der Waals surface area contributed by atoms with E-state index >= 15 is 0 Å². The fourth-order valence-electron chi connectivity index (χ4n) is 2.50. The summed E-state index contributed by atoms with van der Waals surface area (Å²) in [5.41, 5.74) is 1.55. The van der Waals surface area contributed by atoms with Gasteiger partial charge >= 0.3 is 0 Å². The molecule has 6 heteroatoms. The van der Waals surface area contributed by atoms with Gasteiger partial charge in [0.15, 0.2) is 11.5 Å². The molecule has 0 aliphatic carbocycles. The molecule has 126 valence electrons. The number of carbonyl (C=O) groups is 1. The van der Waals surface area contributed by atoms with E-state index in [2.05, 4.69) is 10.3 Å². The summed E-state index contributed by atoms with van der Waals surface area (Å²) < 4.78 is 11.1. The maximum absolute atomic E-state index is 12.5. The number of ether oxygens (including phenoxy) is 2. The topological polar surface area (TPSA) is 63.7 Å². The first-order valence-electron chi connectivity index (χ1n) is 7.88. The van der Waals surface area contributed by atoms with Crippen molar-refractivity contribution < 1.29 is 14.3 Å². The molecular formula is C18H21N3O3. The Morgan fingerprint density at radius 2 is 1.92 bits per heavy atom. The number of pyridine rings is 1. The van der Waals surface area contributed by atoms with E-state index in [0.717, 1.165) is 22.9 Å². The molecule has 2 heterocycles. The Hall–Kier alpha value is -2.76. The van der Waals surface area contributed by atoms with Gasteiger partial charge < -0.3 is 19.7 Å². The summed E-state index contributed by atoms with van der Waals surface area (Å²) in [6.07, 6.45) is 1.64. The van der Waals surface area contributed by atoms with E-state index in [4.69, 9.17) is 9.47 Å². The molecule has 1 aliphatic heterocycles. The van der Waals surface area contributed by atoms with Crippen molar-refractivity contribution in [3.05, 3.63) is 47.7 Å². The highest BCUT2D eigenvalue weighted by atomic mass is 16.6. The number of rotatable bonds is 4. The lowest BCUT2D eigenvalue weighted by Gasteiger charge is -2.21. The Kier molecular flexibility index (Phi) is 4.55. The van der Waals surface area contributed by atoms with Crippen molar-refractivity contribution in [2.24, 2.45) is 0 Å². The highest BCUT2D eigenvalue weighted by molar-refractivity contribution is 5.95. The summed E-state index contributed by atoms with van der Waals surface area (Å²) >= 11 is 0. The molecule has 0 unspecified atom stereocenters. The third-order valence-corrected chi connectivity index (χ3v) is 3.88. The summed E-state index contributed by atoms with van der Waals surface area (Å²) in [6, 6.07) is 9.06. The molecule has 1 amide bonds. The third-order valence-electron chi connectivity index (χ3n) is 3.88. The van der Waals surface area contributed by atoms with Crippen molar-refractivity contribution in [3.63, 3.8) is 0 Å². The normalized spacial score (nSPS) is 14.0. The zero-order chi connectivity index (χ0) is 17.1. The van der Waals surface area contributed by atoms with Crippen molar-refractivity contribution >= 4 is 11.7 Å². The van der Waals surface area contributed by atoms with Gasteiger partial charge in [0, 0.05) is 25.9 Å². The lowest BCUT2D eigenvalue weighted by Crippen LogP contribution is -2.27. The maximum Gasteiger partial charge on any atom is 0.251 e. The average Bonchev–Trinajstić information content (AvgIpc) is 2.61. The summed E-state index contributed by atoms with van der Waals surface area (Å²) in [6.45, 7) is 3.05. The Bertz CT molecular complexity index is 746. The Morgan fingerprint density at radius 1 is 1.17 bits per heavy atom. The minimum atomic E-state index is -0.149. The Labute approximate surface area is 141 Å². The van der Waals surface area contributed by atoms with Gasteiger partial charge in [-0.2, -0.15) is 0 Å². The molecular weight excluding hydrogens is 306 g/mol. The van der Waals surface area contributed by atoms with Gasteiger partial charge in [0.05, 0.1) is 6.04 Å². The Morgan fingerprint density at radius 3 is 2.67 bits per heavy atom. The second kappa shape index (κ2) is 6.78. The Balaban J connectivity index is 1.73. The predicted molar refractivity (Wildman–Crippen MR) is 91.9 cm³/mol. The lowest BCUT2D eigenvalue weighted by molar-refractivity contribution is 0.0939. The number of nitrogens with zero attached hydrogens (tertiary/aromatic N) is 2. The molecule has 0 bridgehead atoms. The fourth-order valence-corrected chi connectivity index (χ4v) is 2.50. The van der Waals surface area contributed by atoms with Crippen molar-refractivity contribution in [2.75, 3.05) is 32.2 Å². The van der Waals surface area contributed by atoms with Crippen LogP contribution in [0.25, 0.3) is 0 Å². The van der Waals surface area contributed by atoms with E-state index in [1.54, 1.807) is 18.3 Å². The quantitative estimate of drug-likeness (QED) is 0.934. The van der Waals surface area contributed by atoms with Gasteiger partial charge in [0.2, 0.25) is 0 Å². The van der Waals surface area contributed by atoms with Crippen LogP contribution in [0.15, 0.2) is 36.5 Å². The van der Waals surface area contributed by atoms with Gasteiger partial charge in [-0.25, -0.2) is 4.98 Å². The molecule has 2 aromatic rings. The molecule has 6 nitrogen and oxygen atoms in total. The molecule has 1 atom stereocenters. The standard InChI is InChI=1S/C18H21N3O3/c1-12(13-4-5-15-16(10-13)24-9-8-23-15)20-18(22)14-6-7-19-17(11-14)21(2)3/h4-7,10-12H,8-9H2,1-3H3,(H,20,22)/t12-/m0/s1. The van der Waals surface area contributed by atoms with Crippen LogP contribution in [0.1, 0.15) is 28.9 Å². The zero-order valence-corrected chi connectivity index (χ0v) is 14.1. The number of benzene rings is 1. The highest BCUT2D eigenvalue weighted by Gasteiger charge is 2.17. The van der Waals surface area contributed by atoms with Crippen LogP contribution in [-0.4, -0.2) is 38.2 Å². The van der Waals surface area contributed by atoms with Crippen LogP contribution in [-0.2, 0) is 0 Å². The van der Waals surface area contributed by atoms with Crippen LogP contribution in [0.4, 0.5) is 5.82 Å². The van der Waals surface area contributed by atoms with Gasteiger partial charge in [-0.1, -0.05) is 6.07 Å². The first kappa shape index (κ1) is 16.1. The molecule has 0 fully saturated rings. The van der Waals surface area contributed by atoms with Crippen molar-refractivity contribution in [3.8, 4) is 11.5 Å². The van der Waals surface area contributed by atoms with E-state index in [1.807, 2.05) is 44.1 Å². The largest absolute Gasteiger partial charge is 0.486 e. The number of carbonyl (C=O) groups excluding carboxylic acids is 1. The predicted octanol–water partition coefficient (Wildman–Crippen LogP) is 2.41. The molecule has 1 N–H and O–H groups in total.